The van der Waals surface area contributed by atoms with Crippen LogP contribution in [-0.2, 0) is 4.79 Å². The molecule has 2 aromatic carbocycles. The Morgan fingerprint density at radius 1 is 1.29 bits per heavy atom. The molecule has 2 rings (SSSR count). The summed E-state index contributed by atoms with van der Waals surface area (Å²) in [6.07, 6.45) is 0. The molecule has 7 heteroatoms. The van der Waals surface area contributed by atoms with Crippen molar-refractivity contribution in [3.63, 3.8) is 0 Å². The molecule has 0 saturated carbocycles. The number of halogens is 2. The van der Waals surface area contributed by atoms with Crippen LogP contribution < -0.4 is 10.1 Å². The monoisotopic (exact) mass is 364 g/mol. The molecule has 0 aliphatic rings. The molecule has 5 nitrogen and oxygen atoms in total. The van der Waals surface area contributed by atoms with E-state index in [4.69, 9.17) is 33.2 Å². The number of ether oxygens (including phenoxy) is 1. The number of amides is 1. The molecule has 0 fully saturated rings. The van der Waals surface area contributed by atoms with E-state index in [1.54, 1.807) is 24.3 Å². The molecule has 124 valence electrons. The van der Waals surface area contributed by atoms with Crippen molar-refractivity contribution in [2.45, 2.75) is 12.5 Å². The highest BCUT2D eigenvalue weighted by atomic mass is 35.5. The van der Waals surface area contributed by atoms with Crippen molar-refractivity contribution in [3.8, 4) is 11.8 Å². The summed E-state index contributed by atoms with van der Waals surface area (Å²) in [4.78, 5) is 12.2. The largest absolute Gasteiger partial charge is 0.490 e. The Kier molecular flexibility index (Phi) is 5.68. The third kappa shape index (κ3) is 4.62. The van der Waals surface area contributed by atoms with Crippen LogP contribution in [0.1, 0.15) is 12.5 Å². The second-order valence-corrected chi connectivity index (χ2v) is 6.12. The second-order valence-electron chi connectivity index (χ2n) is 5.28. The summed E-state index contributed by atoms with van der Waals surface area (Å²) in [7, 11) is 0. The number of aliphatic hydroxyl groups is 1. The molecule has 0 aliphatic heterocycles. The maximum Gasteiger partial charge on any atom is 0.259 e. The van der Waals surface area contributed by atoms with Crippen LogP contribution in [0.2, 0.25) is 10.0 Å². The lowest BCUT2D eigenvalue weighted by atomic mass is 10.1. The lowest BCUT2D eigenvalue weighted by Gasteiger charge is -2.22. The van der Waals surface area contributed by atoms with Crippen molar-refractivity contribution in [3.05, 3.63) is 58.1 Å². The average molecular weight is 365 g/mol. The number of nitriles is 1. The summed E-state index contributed by atoms with van der Waals surface area (Å²) >= 11 is 11.7. The smallest absolute Gasteiger partial charge is 0.259 e. The van der Waals surface area contributed by atoms with E-state index in [1.807, 2.05) is 6.07 Å². The van der Waals surface area contributed by atoms with E-state index < -0.39 is 11.5 Å². The summed E-state index contributed by atoms with van der Waals surface area (Å²) < 4.78 is 5.41. The fourth-order valence-corrected chi connectivity index (χ4v) is 2.12. The second kappa shape index (κ2) is 7.54. The van der Waals surface area contributed by atoms with Crippen LogP contribution in [0.4, 0.5) is 5.69 Å². The number of hydrogen-bond acceptors (Lipinski definition) is 4. The molecular weight excluding hydrogens is 351 g/mol. The van der Waals surface area contributed by atoms with Gasteiger partial charge in [0.2, 0.25) is 0 Å². The minimum absolute atomic E-state index is 0.215. The third-order valence-electron chi connectivity index (χ3n) is 3.17. The Morgan fingerprint density at radius 2 is 1.96 bits per heavy atom. The zero-order valence-electron chi connectivity index (χ0n) is 12.7. The molecule has 0 aliphatic carbocycles. The zero-order chi connectivity index (χ0) is 17.7. The summed E-state index contributed by atoms with van der Waals surface area (Å²) in [6, 6.07) is 12.9. The van der Waals surface area contributed by atoms with Crippen LogP contribution >= 0.6 is 23.2 Å². The number of nitrogens with one attached hydrogen (secondary N) is 1. The van der Waals surface area contributed by atoms with Crippen molar-refractivity contribution < 1.29 is 14.6 Å². The van der Waals surface area contributed by atoms with Gasteiger partial charge in [0, 0.05) is 10.7 Å². The first-order valence-corrected chi connectivity index (χ1v) is 7.69. The normalized spacial score (nSPS) is 12.8. The van der Waals surface area contributed by atoms with Gasteiger partial charge >= 0.3 is 0 Å². The summed E-state index contributed by atoms with van der Waals surface area (Å²) in [6.45, 7) is 1.09. The third-order valence-corrected chi connectivity index (χ3v) is 3.73. The molecule has 1 amide bonds. The molecule has 2 N–H and O–H groups in total. The lowest BCUT2D eigenvalue weighted by molar-refractivity contribution is -0.135. The fraction of sp³-hybridized carbons (Fsp3) is 0.176. The van der Waals surface area contributed by atoms with Gasteiger partial charge in [-0.2, -0.15) is 5.26 Å². The van der Waals surface area contributed by atoms with E-state index >= 15 is 0 Å². The molecule has 0 spiro atoms. The maximum absolute atomic E-state index is 12.2. The van der Waals surface area contributed by atoms with Crippen molar-refractivity contribution >= 4 is 34.8 Å². The fourth-order valence-electron chi connectivity index (χ4n) is 1.77. The van der Waals surface area contributed by atoms with Gasteiger partial charge in [-0.3, -0.25) is 4.79 Å². The summed E-state index contributed by atoms with van der Waals surface area (Å²) in [5.41, 5.74) is -1.09. The standard InChI is InChI=1S/C17H14Cl2N2O3/c1-17(23,10-24-14-6-3-12(18)4-7-14)16(22)21-13-5-2-11(9-20)15(19)8-13/h2-8,23H,10H2,1H3,(H,21,22)/t17-/m0/s1. The SMILES string of the molecule is C[C@](O)(COc1ccc(Cl)cc1)C(=O)Nc1ccc(C#N)c(Cl)c1. The first kappa shape index (κ1) is 18.1. The Hall–Kier alpha value is -2.26. The van der Waals surface area contributed by atoms with Gasteiger partial charge in [0.25, 0.3) is 5.91 Å². The number of anilines is 1. The maximum atomic E-state index is 12.2. The van der Waals surface area contributed by atoms with Crippen molar-refractivity contribution in [2.75, 3.05) is 11.9 Å². The Labute approximate surface area is 149 Å². The van der Waals surface area contributed by atoms with E-state index in [1.165, 1.54) is 25.1 Å². The quantitative estimate of drug-likeness (QED) is 0.848. The number of carbonyl (C=O) groups excluding carboxylic acids is 1. The molecule has 0 saturated heterocycles. The molecule has 2 aromatic rings. The van der Waals surface area contributed by atoms with E-state index in [0.717, 1.165) is 0 Å². The molecule has 0 aromatic heterocycles. The first-order valence-electron chi connectivity index (χ1n) is 6.94. The minimum atomic E-state index is -1.76. The van der Waals surface area contributed by atoms with Crippen LogP contribution in [0.3, 0.4) is 0 Å². The van der Waals surface area contributed by atoms with Crippen molar-refractivity contribution in [1.82, 2.24) is 0 Å². The highest BCUT2D eigenvalue weighted by Gasteiger charge is 2.31. The van der Waals surface area contributed by atoms with E-state index in [2.05, 4.69) is 5.32 Å². The highest BCUT2D eigenvalue weighted by Crippen LogP contribution is 2.22. The Bertz CT molecular complexity index is 783. The number of rotatable bonds is 5. The molecule has 1 atom stereocenters. The van der Waals surface area contributed by atoms with E-state index in [0.29, 0.717) is 22.0 Å². The van der Waals surface area contributed by atoms with Gasteiger partial charge in [-0.05, 0) is 49.4 Å². The molecule has 0 radical (unpaired) electrons. The van der Waals surface area contributed by atoms with Crippen LogP contribution in [0.5, 0.6) is 5.75 Å². The van der Waals surface area contributed by atoms with Crippen LogP contribution in [-0.4, -0.2) is 23.2 Å². The molecule has 0 heterocycles. The first-order chi connectivity index (χ1) is 11.3. The van der Waals surface area contributed by atoms with Crippen molar-refractivity contribution in [2.24, 2.45) is 0 Å². The summed E-state index contributed by atoms with van der Waals surface area (Å²) in [5.74, 6) is -0.175. The number of nitrogens with zero attached hydrogens (tertiary/aromatic N) is 1. The number of benzene rings is 2. The van der Waals surface area contributed by atoms with Gasteiger partial charge in [0.15, 0.2) is 5.60 Å². The Balaban J connectivity index is 2.00. The molecule has 0 bridgehead atoms. The van der Waals surface area contributed by atoms with Gasteiger partial charge in [-0.15, -0.1) is 0 Å². The van der Waals surface area contributed by atoms with Gasteiger partial charge in [0.05, 0.1) is 10.6 Å². The van der Waals surface area contributed by atoms with Gasteiger partial charge in [-0.1, -0.05) is 23.2 Å². The molecule has 24 heavy (non-hydrogen) atoms. The number of carbonyl (C=O) groups is 1. The van der Waals surface area contributed by atoms with E-state index in [9.17, 15) is 9.90 Å². The number of hydrogen-bond donors (Lipinski definition) is 2. The van der Waals surface area contributed by atoms with Gasteiger partial charge in [0.1, 0.15) is 18.4 Å². The topological polar surface area (TPSA) is 82.3 Å². The minimum Gasteiger partial charge on any atom is -0.490 e. The summed E-state index contributed by atoms with van der Waals surface area (Å²) in [5, 5.41) is 22.4. The van der Waals surface area contributed by atoms with Gasteiger partial charge in [-0.25, -0.2) is 0 Å². The van der Waals surface area contributed by atoms with Crippen LogP contribution in [0, 0.1) is 11.3 Å². The van der Waals surface area contributed by atoms with Crippen molar-refractivity contribution in [1.29, 1.82) is 5.26 Å². The van der Waals surface area contributed by atoms with E-state index in [-0.39, 0.29) is 11.6 Å². The van der Waals surface area contributed by atoms with Crippen LogP contribution in [0.15, 0.2) is 42.5 Å². The zero-order valence-corrected chi connectivity index (χ0v) is 14.2. The molecule has 0 unspecified atom stereocenters. The molecular formula is C17H14Cl2N2O3. The average Bonchev–Trinajstić information content (AvgIpc) is 2.54. The highest BCUT2D eigenvalue weighted by molar-refractivity contribution is 6.32. The Morgan fingerprint density at radius 3 is 2.54 bits per heavy atom. The van der Waals surface area contributed by atoms with Gasteiger partial charge < -0.3 is 15.2 Å². The van der Waals surface area contributed by atoms with Crippen LogP contribution in [0.25, 0.3) is 0 Å². The predicted molar refractivity (Wildman–Crippen MR) is 92.4 cm³/mol. The predicted octanol–water partition coefficient (Wildman–Crippen LogP) is 3.63. The lowest BCUT2D eigenvalue weighted by Crippen LogP contribution is -2.45.